The number of urea groups is 1. The number of hydrogen-bond acceptors (Lipinski definition) is 4. The van der Waals surface area contributed by atoms with Crippen LogP contribution in [0.4, 0.5) is 10.5 Å². The van der Waals surface area contributed by atoms with Gasteiger partial charge in [0.15, 0.2) is 0 Å². The fraction of sp³-hybridized carbons (Fsp3) is 0.474. The van der Waals surface area contributed by atoms with Gasteiger partial charge in [-0.25, -0.2) is 9.78 Å². The van der Waals surface area contributed by atoms with Crippen molar-refractivity contribution < 1.29 is 14.3 Å². The molecule has 0 radical (unpaired) electrons. The molecule has 1 aliphatic heterocycles. The Balaban J connectivity index is 1.67. The summed E-state index contributed by atoms with van der Waals surface area (Å²) in [7, 11) is 0. The van der Waals surface area contributed by atoms with Crippen LogP contribution in [0.25, 0.3) is 11.5 Å². The average Bonchev–Trinajstić information content (AvgIpc) is 3.22. The van der Waals surface area contributed by atoms with Gasteiger partial charge in [-0.2, -0.15) is 0 Å². The van der Waals surface area contributed by atoms with Gasteiger partial charge >= 0.3 is 6.03 Å². The molecule has 3 rings (SSSR count). The summed E-state index contributed by atoms with van der Waals surface area (Å²) in [5.41, 5.74) is 1.58. The van der Waals surface area contributed by atoms with Crippen LogP contribution >= 0.6 is 0 Å². The number of carbonyl (C=O) groups excluding carboxylic acids is 1. The Morgan fingerprint density at radius 2 is 2.12 bits per heavy atom. The number of nitrogens with one attached hydrogen (secondary N) is 1. The first-order valence-corrected chi connectivity index (χ1v) is 8.74. The van der Waals surface area contributed by atoms with E-state index in [1.165, 1.54) is 0 Å². The van der Waals surface area contributed by atoms with Crippen LogP contribution in [-0.2, 0) is 0 Å². The minimum absolute atomic E-state index is 0.00410. The van der Waals surface area contributed by atoms with Crippen LogP contribution in [0, 0.1) is 5.92 Å². The third kappa shape index (κ3) is 3.69. The number of anilines is 1. The number of nitrogens with zero attached hydrogens (tertiary/aromatic N) is 2. The Kier molecular flexibility index (Phi) is 5.08. The number of benzene rings is 1. The molecule has 1 aromatic heterocycles. The molecular formula is C19H25N3O3. The van der Waals surface area contributed by atoms with E-state index in [1.54, 1.807) is 11.1 Å². The molecule has 2 aromatic rings. The minimum atomic E-state index is -0.172. The molecule has 1 saturated heterocycles. The van der Waals surface area contributed by atoms with Crippen LogP contribution in [0.2, 0.25) is 0 Å². The van der Waals surface area contributed by atoms with E-state index in [2.05, 4.69) is 31.1 Å². The van der Waals surface area contributed by atoms with Gasteiger partial charge in [-0.1, -0.05) is 20.8 Å². The number of aliphatic hydroxyl groups is 1. The lowest BCUT2D eigenvalue weighted by Gasteiger charge is -2.25. The summed E-state index contributed by atoms with van der Waals surface area (Å²) in [5, 5.41) is 12.4. The molecule has 0 spiro atoms. The molecular weight excluding hydrogens is 318 g/mol. The molecule has 6 heteroatoms. The average molecular weight is 343 g/mol. The van der Waals surface area contributed by atoms with E-state index in [9.17, 15) is 9.90 Å². The number of carbonyl (C=O) groups is 1. The largest absolute Gasteiger partial charge is 0.441 e. The van der Waals surface area contributed by atoms with Gasteiger partial charge in [-0.05, 0) is 36.6 Å². The summed E-state index contributed by atoms with van der Waals surface area (Å²) in [5.74, 6) is 2.04. The Labute approximate surface area is 147 Å². The van der Waals surface area contributed by atoms with Crippen molar-refractivity contribution >= 4 is 11.7 Å². The van der Waals surface area contributed by atoms with Gasteiger partial charge < -0.3 is 19.7 Å². The van der Waals surface area contributed by atoms with Gasteiger partial charge in [0.05, 0.1) is 18.8 Å². The van der Waals surface area contributed by atoms with Gasteiger partial charge in [0, 0.05) is 23.7 Å². The van der Waals surface area contributed by atoms with Crippen LogP contribution in [0.1, 0.15) is 38.9 Å². The van der Waals surface area contributed by atoms with Crippen molar-refractivity contribution in [2.45, 2.75) is 39.2 Å². The van der Waals surface area contributed by atoms with Crippen molar-refractivity contribution in [2.75, 3.05) is 18.5 Å². The second-order valence-electron chi connectivity index (χ2n) is 6.94. The molecule has 134 valence electrons. The van der Waals surface area contributed by atoms with E-state index in [0.717, 1.165) is 17.7 Å². The van der Waals surface area contributed by atoms with Gasteiger partial charge in [0.1, 0.15) is 5.76 Å². The van der Waals surface area contributed by atoms with Crippen molar-refractivity contribution in [1.82, 2.24) is 9.88 Å². The van der Waals surface area contributed by atoms with Gasteiger partial charge in [-0.3, -0.25) is 0 Å². The highest BCUT2D eigenvalue weighted by atomic mass is 16.4. The van der Waals surface area contributed by atoms with Gasteiger partial charge in [0.2, 0.25) is 5.89 Å². The van der Waals surface area contributed by atoms with Crippen LogP contribution in [0.5, 0.6) is 0 Å². The zero-order chi connectivity index (χ0) is 18.0. The minimum Gasteiger partial charge on any atom is -0.441 e. The van der Waals surface area contributed by atoms with E-state index in [1.807, 2.05) is 24.3 Å². The lowest BCUT2D eigenvalue weighted by atomic mass is 10.0. The second-order valence-corrected chi connectivity index (χ2v) is 6.94. The first-order valence-electron chi connectivity index (χ1n) is 8.74. The highest BCUT2D eigenvalue weighted by Crippen LogP contribution is 2.26. The molecule has 0 bridgehead atoms. The quantitative estimate of drug-likeness (QED) is 0.887. The number of aliphatic hydroxyl groups excluding tert-OH is 1. The number of rotatable bonds is 4. The summed E-state index contributed by atoms with van der Waals surface area (Å²) >= 11 is 0. The van der Waals surface area contributed by atoms with Crippen molar-refractivity contribution in [1.29, 1.82) is 0 Å². The maximum absolute atomic E-state index is 12.4. The molecule has 1 aliphatic rings. The molecule has 0 unspecified atom stereocenters. The number of likely N-dealkylation sites (tertiary alicyclic amines) is 1. The zero-order valence-electron chi connectivity index (χ0n) is 14.9. The molecule has 2 N–H and O–H groups in total. The van der Waals surface area contributed by atoms with Crippen LogP contribution in [0.15, 0.2) is 34.9 Å². The number of hydrogen-bond donors (Lipinski definition) is 2. The molecule has 2 amide bonds. The van der Waals surface area contributed by atoms with Crippen LogP contribution in [0.3, 0.4) is 0 Å². The summed E-state index contributed by atoms with van der Waals surface area (Å²) in [4.78, 5) is 18.4. The smallest absolute Gasteiger partial charge is 0.322 e. The molecule has 2 atom stereocenters. The van der Waals surface area contributed by atoms with E-state index in [4.69, 9.17) is 4.42 Å². The van der Waals surface area contributed by atoms with Crippen molar-refractivity contribution in [2.24, 2.45) is 5.92 Å². The molecule has 25 heavy (non-hydrogen) atoms. The van der Waals surface area contributed by atoms with Crippen molar-refractivity contribution in [3.05, 3.63) is 36.2 Å². The van der Waals surface area contributed by atoms with Gasteiger partial charge in [0.25, 0.3) is 0 Å². The molecule has 2 heterocycles. The Morgan fingerprint density at radius 1 is 1.40 bits per heavy atom. The number of amides is 2. The predicted molar refractivity (Wildman–Crippen MR) is 96.4 cm³/mol. The molecule has 0 aliphatic carbocycles. The summed E-state index contributed by atoms with van der Waals surface area (Å²) in [6.07, 6.45) is 2.67. The summed E-state index contributed by atoms with van der Waals surface area (Å²) < 4.78 is 5.74. The predicted octanol–water partition coefficient (Wildman–Crippen LogP) is 3.70. The van der Waals surface area contributed by atoms with Crippen LogP contribution in [-0.4, -0.2) is 40.2 Å². The lowest BCUT2D eigenvalue weighted by molar-refractivity contribution is 0.152. The van der Waals surface area contributed by atoms with Crippen molar-refractivity contribution in [3.8, 4) is 11.5 Å². The maximum Gasteiger partial charge on any atom is 0.322 e. The molecule has 1 fully saturated rings. The monoisotopic (exact) mass is 343 g/mol. The van der Waals surface area contributed by atoms with E-state index in [0.29, 0.717) is 30.0 Å². The molecule has 6 nitrogen and oxygen atoms in total. The Morgan fingerprint density at radius 3 is 2.72 bits per heavy atom. The first-order chi connectivity index (χ1) is 12.0. The Hall–Kier alpha value is -2.34. The number of oxazole rings is 1. The summed E-state index contributed by atoms with van der Waals surface area (Å²) in [6, 6.07) is 7.14. The molecule has 1 aromatic carbocycles. The second kappa shape index (κ2) is 7.27. The first kappa shape index (κ1) is 17.5. The topological polar surface area (TPSA) is 78.6 Å². The van der Waals surface area contributed by atoms with Crippen LogP contribution < -0.4 is 5.32 Å². The fourth-order valence-corrected chi connectivity index (χ4v) is 3.12. The third-order valence-corrected chi connectivity index (χ3v) is 4.81. The highest BCUT2D eigenvalue weighted by Gasteiger charge is 2.33. The Bertz CT molecular complexity index is 724. The SMILES string of the molecule is CC(C)c1cnc(-c2ccc(NC(=O)N3CC[C@@H](C)[C@@H]3CO)cc2)o1. The molecule has 0 saturated carbocycles. The standard InChI is InChI=1S/C19H25N3O3/c1-12(2)17-10-20-18(25-17)14-4-6-15(7-5-14)21-19(24)22-9-8-13(3)16(22)11-23/h4-7,10,12-13,16,23H,8-9,11H2,1-3H3,(H,21,24)/t13-,16+/m1/s1. The van der Waals surface area contributed by atoms with E-state index >= 15 is 0 Å². The fourth-order valence-electron chi connectivity index (χ4n) is 3.12. The third-order valence-electron chi connectivity index (χ3n) is 4.81. The van der Waals surface area contributed by atoms with E-state index in [-0.39, 0.29) is 18.7 Å². The maximum atomic E-state index is 12.4. The normalized spacial score (nSPS) is 20.3. The lowest BCUT2D eigenvalue weighted by Crippen LogP contribution is -2.42. The number of aromatic nitrogens is 1. The van der Waals surface area contributed by atoms with Crippen molar-refractivity contribution in [3.63, 3.8) is 0 Å². The van der Waals surface area contributed by atoms with Gasteiger partial charge in [-0.15, -0.1) is 0 Å². The zero-order valence-corrected chi connectivity index (χ0v) is 14.9. The highest BCUT2D eigenvalue weighted by molar-refractivity contribution is 5.90. The van der Waals surface area contributed by atoms with E-state index < -0.39 is 0 Å². The summed E-state index contributed by atoms with van der Waals surface area (Å²) in [6.45, 7) is 6.84.